The van der Waals surface area contributed by atoms with Crippen LogP contribution in [0.4, 0.5) is 0 Å². The molecule has 1 heterocycles. The van der Waals surface area contributed by atoms with Gasteiger partial charge >= 0.3 is 0 Å². The van der Waals surface area contributed by atoms with Gasteiger partial charge in [0.25, 0.3) is 0 Å². The van der Waals surface area contributed by atoms with Crippen molar-refractivity contribution in [2.24, 2.45) is 0 Å². The third-order valence-electron chi connectivity index (χ3n) is 0.830. The van der Waals surface area contributed by atoms with Crippen molar-refractivity contribution in [3.8, 4) is 0 Å². The van der Waals surface area contributed by atoms with Gasteiger partial charge < -0.3 is 0 Å². The zero-order valence-corrected chi connectivity index (χ0v) is 7.45. The molecular formula is C5H9NS3. The average molecular weight is 179 g/mol. The molecule has 1 atom stereocenters. The fourth-order valence-corrected chi connectivity index (χ4v) is 4.22. The molecule has 9 heavy (non-hydrogen) atoms. The first-order valence-corrected chi connectivity index (χ1v) is 6.10. The Morgan fingerprint density at radius 2 is 2.78 bits per heavy atom. The molecule has 1 rings (SSSR count). The van der Waals surface area contributed by atoms with Gasteiger partial charge in [0, 0.05) is 5.75 Å². The molecule has 1 aliphatic heterocycles. The Bertz CT molecular complexity index is 90.2. The lowest BCUT2D eigenvalue weighted by Gasteiger charge is -2.03. The summed E-state index contributed by atoms with van der Waals surface area (Å²) in [4.78, 5) is 0. The fourth-order valence-electron chi connectivity index (χ4n) is 0.474. The van der Waals surface area contributed by atoms with Gasteiger partial charge in [-0.25, -0.2) is 0 Å². The Balaban J connectivity index is 2.04. The SMILES string of the molecule is C=CCSC1NCSS1. The van der Waals surface area contributed by atoms with E-state index in [0.29, 0.717) is 4.71 Å². The fraction of sp³-hybridized carbons (Fsp3) is 0.600. The summed E-state index contributed by atoms with van der Waals surface area (Å²) < 4.78 is 0.591. The predicted molar refractivity (Wildman–Crippen MR) is 49.6 cm³/mol. The maximum Gasteiger partial charge on any atom is 0.111 e. The molecule has 1 N–H and O–H groups in total. The summed E-state index contributed by atoms with van der Waals surface area (Å²) in [6.45, 7) is 3.66. The monoisotopic (exact) mass is 179 g/mol. The van der Waals surface area contributed by atoms with Gasteiger partial charge in [-0.05, 0) is 0 Å². The molecule has 1 unspecified atom stereocenters. The van der Waals surface area contributed by atoms with Crippen molar-refractivity contribution in [3.63, 3.8) is 0 Å². The van der Waals surface area contributed by atoms with Crippen LogP contribution in [0.25, 0.3) is 0 Å². The van der Waals surface area contributed by atoms with E-state index < -0.39 is 0 Å². The van der Waals surface area contributed by atoms with Gasteiger partial charge in [-0.2, -0.15) is 0 Å². The minimum absolute atomic E-state index is 0.591. The van der Waals surface area contributed by atoms with Gasteiger partial charge in [0.1, 0.15) is 4.71 Å². The Labute approximate surface area is 67.8 Å². The maximum absolute atomic E-state index is 3.66. The highest BCUT2D eigenvalue weighted by atomic mass is 33.1. The summed E-state index contributed by atoms with van der Waals surface area (Å²) in [6.07, 6.45) is 1.94. The van der Waals surface area contributed by atoms with Crippen molar-refractivity contribution in [2.75, 3.05) is 11.6 Å². The minimum Gasteiger partial charge on any atom is -0.286 e. The number of thioether (sulfide) groups is 1. The third kappa shape index (κ3) is 2.89. The zero-order chi connectivity index (χ0) is 6.53. The molecule has 0 radical (unpaired) electrons. The van der Waals surface area contributed by atoms with E-state index in [4.69, 9.17) is 0 Å². The first-order chi connectivity index (χ1) is 4.43. The lowest BCUT2D eigenvalue weighted by molar-refractivity contribution is 0.923. The summed E-state index contributed by atoms with van der Waals surface area (Å²) >= 11 is 1.90. The second-order valence-corrected chi connectivity index (χ2v) is 5.43. The summed E-state index contributed by atoms with van der Waals surface area (Å²) in [5, 5.41) is 3.33. The van der Waals surface area contributed by atoms with Crippen molar-refractivity contribution in [1.82, 2.24) is 5.32 Å². The van der Waals surface area contributed by atoms with E-state index >= 15 is 0 Å². The summed E-state index contributed by atoms with van der Waals surface area (Å²) in [7, 11) is 3.79. The molecule has 1 fully saturated rings. The number of nitrogens with one attached hydrogen (secondary N) is 1. The zero-order valence-electron chi connectivity index (χ0n) is 5.00. The second kappa shape index (κ2) is 4.55. The number of hydrogen-bond donors (Lipinski definition) is 1. The normalized spacial score (nSPS) is 26.4. The van der Waals surface area contributed by atoms with Gasteiger partial charge in [-0.3, -0.25) is 5.32 Å². The van der Waals surface area contributed by atoms with Crippen LogP contribution in [-0.2, 0) is 0 Å². The van der Waals surface area contributed by atoms with Gasteiger partial charge in [0.05, 0.1) is 5.88 Å². The molecule has 0 saturated carbocycles. The molecule has 1 nitrogen and oxygen atoms in total. The second-order valence-electron chi connectivity index (χ2n) is 1.52. The van der Waals surface area contributed by atoms with Crippen LogP contribution < -0.4 is 5.32 Å². The maximum atomic E-state index is 3.66. The van der Waals surface area contributed by atoms with Gasteiger partial charge in [0.15, 0.2) is 0 Å². The van der Waals surface area contributed by atoms with Crippen LogP contribution >= 0.6 is 33.3 Å². The molecule has 0 aromatic rings. The lowest BCUT2D eigenvalue weighted by atomic mass is 10.8. The number of hydrogen-bond acceptors (Lipinski definition) is 4. The van der Waals surface area contributed by atoms with Crippen molar-refractivity contribution in [1.29, 1.82) is 0 Å². The van der Waals surface area contributed by atoms with Crippen LogP contribution in [0.15, 0.2) is 12.7 Å². The minimum atomic E-state index is 0.591. The number of rotatable bonds is 3. The molecule has 52 valence electrons. The van der Waals surface area contributed by atoms with Crippen molar-refractivity contribution < 1.29 is 0 Å². The van der Waals surface area contributed by atoms with Crippen molar-refractivity contribution in [3.05, 3.63) is 12.7 Å². The van der Waals surface area contributed by atoms with Crippen LogP contribution in [0.5, 0.6) is 0 Å². The average Bonchev–Trinajstić information content (AvgIpc) is 2.34. The van der Waals surface area contributed by atoms with E-state index in [1.165, 1.54) is 0 Å². The van der Waals surface area contributed by atoms with E-state index in [2.05, 4.69) is 11.9 Å². The van der Waals surface area contributed by atoms with E-state index in [9.17, 15) is 0 Å². The van der Waals surface area contributed by atoms with E-state index in [-0.39, 0.29) is 0 Å². The molecule has 4 heteroatoms. The molecule has 0 aliphatic carbocycles. The lowest BCUT2D eigenvalue weighted by Crippen LogP contribution is -2.15. The van der Waals surface area contributed by atoms with Crippen LogP contribution in [0.2, 0.25) is 0 Å². The van der Waals surface area contributed by atoms with Gasteiger partial charge in [0.2, 0.25) is 0 Å². The Morgan fingerprint density at radius 3 is 3.33 bits per heavy atom. The summed E-state index contributed by atoms with van der Waals surface area (Å²) in [5.74, 6) is 2.13. The predicted octanol–water partition coefficient (Wildman–Crippen LogP) is 2.13. The van der Waals surface area contributed by atoms with E-state index in [1.54, 1.807) is 0 Å². The van der Waals surface area contributed by atoms with Gasteiger partial charge in [-0.1, -0.05) is 27.7 Å². The molecule has 0 aromatic heterocycles. The smallest absolute Gasteiger partial charge is 0.111 e. The highest BCUT2D eigenvalue weighted by molar-refractivity contribution is 8.78. The Hall–Kier alpha value is 0.750. The first kappa shape index (κ1) is 7.85. The van der Waals surface area contributed by atoms with Crippen LogP contribution in [0.1, 0.15) is 0 Å². The molecular weight excluding hydrogens is 170 g/mol. The Kier molecular flexibility index (Phi) is 3.97. The molecule has 0 amide bonds. The highest BCUT2D eigenvalue weighted by Crippen LogP contribution is 2.36. The molecule has 0 spiro atoms. The molecule has 0 aromatic carbocycles. The Morgan fingerprint density at radius 1 is 1.89 bits per heavy atom. The van der Waals surface area contributed by atoms with Crippen molar-refractivity contribution >= 4 is 33.3 Å². The van der Waals surface area contributed by atoms with E-state index in [1.807, 2.05) is 39.4 Å². The summed E-state index contributed by atoms with van der Waals surface area (Å²) in [5.41, 5.74) is 0. The first-order valence-electron chi connectivity index (χ1n) is 2.67. The molecule has 1 aliphatic rings. The standard InChI is InChI=1S/C5H9NS3/c1-2-3-7-5-6-4-8-9-5/h2,5-6H,1,3-4H2. The highest BCUT2D eigenvalue weighted by Gasteiger charge is 2.13. The van der Waals surface area contributed by atoms with Crippen LogP contribution in [0, 0.1) is 0 Å². The van der Waals surface area contributed by atoms with Crippen molar-refractivity contribution in [2.45, 2.75) is 4.71 Å². The quantitative estimate of drug-likeness (QED) is 0.526. The topological polar surface area (TPSA) is 12.0 Å². The third-order valence-corrected chi connectivity index (χ3v) is 4.89. The van der Waals surface area contributed by atoms with Gasteiger partial charge in [-0.15, -0.1) is 18.3 Å². The van der Waals surface area contributed by atoms with Crippen LogP contribution in [-0.4, -0.2) is 16.3 Å². The largest absolute Gasteiger partial charge is 0.286 e. The summed E-state index contributed by atoms with van der Waals surface area (Å²) in [6, 6.07) is 0. The van der Waals surface area contributed by atoms with E-state index in [0.717, 1.165) is 11.6 Å². The molecule has 0 bridgehead atoms. The molecule has 1 saturated heterocycles. The van der Waals surface area contributed by atoms with Crippen LogP contribution in [0.3, 0.4) is 0 Å².